The lowest BCUT2D eigenvalue weighted by Gasteiger charge is -2.27. The highest BCUT2D eigenvalue weighted by Crippen LogP contribution is 2.16. The topological polar surface area (TPSA) is 58.6 Å². The lowest BCUT2D eigenvalue weighted by Crippen LogP contribution is -2.50. The molecule has 0 aromatic rings. The van der Waals surface area contributed by atoms with Gasteiger partial charge in [0.05, 0.1) is 6.61 Å². The van der Waals surface area contributed by atoms with Gasteiger partial charge in [0.1, 0.15) is 5.54 Å². The lowest BCUT2D eigenvalue weighted by atomic mass is 9.99. The molecule has 0 aliphatic carbocycles. The Balaban J connectivity index is 4.07. The number of likely N-dealkylation sites (N-methyl/N-ethyl adjacent to an activating group) is 1. The van der Waals surface area contributed by atoms with E-state index in [9.17, 15) is 4.79 Å². The van der Waals surface area contributed by atoms with Gasteiger partial charge in [0.2, 0.25) is 0 Å². The maximum absolute atomic E-state index is 11.8. The number of aliphatic hydroxyl groups is 1. The summed E-state index contributed by atoms with van der Waals surface area (Å²) in [6.07, 6.45) is 1.55. The summed E-state index contributed by atoms with van der Waals surface area (Å²) in [7, 11) is 0. The molecular formula is C12H25NO3S. The highest BCUT2D eigenvalue weighted by atomic mass is 32.2. The number of nitrogens with one attached hydrogen (secondary N) is 1. The Morgan fingerprint density at radius 3 is 2.65 bits per heavy atom. The first-order valence-electron chi connectivity index (χ1n) is 6.21. The number of hydrogen-bond donors (Lipinski definition) is 2. The van der Waals surface area contributed by atoms with Gasteiger partial charge in [-0.1, -0.05) is 6.92 Å². The average molecular weight is 263 g/mol. The van der Waals surface area contributed by atoms with Gasteiger partial charge in [0, 0.05) is 6.61 Å². The fourth-order valence-corrected chi connectivity index (χ4v) is 2.58. The van der Waals surface area contributed by atoms with Crippen LogP contribution >= 0.6 is 11.8 Å². The summed E-state index contributed by atoms with van der Waals surface area (Å²) in [5, 5.41) is 11.9. The quantitative estimate of drug-likeness (QED) is 0.461. The van der Waals surface area contributed by atoms with Gasteiger partial charge in [0.15, 0.2) is 0 Å². The normalized spacial score (nSPS) is 14.4. The van der Waals surface area contributed by atoms with Crippen molar-refractivity contribution >= 4 is 17.7 Å². The minimum absolute atomic E-state index is 0.176. The zero-order chi connectivity index (χ0) is 13.1. The fraction of sp³-hybridized carbons (Fsp3) is 0.917. The molecule has 0 aromatic carbocycles. The van der Waals surface area contributed by atoms with Crippen molar-refractivity contribution in [1.29, 1.82) is 0 Å². The summed E-state index contributed by atoms with van der Waals surface area (Å²) in [6.45, 7) is 7.08. The third-order valence-corrected chi connectivity index (χ3v) is 3.56. The second-order valence-electron chi connectivity index (χ2n) is 4.02. The standard InChI is InChI=1S/C12H25NO3S/c1-4-13-12(3,11(15)16-5-2)7-10-17-9-6-8-14/h13-14H,4-10H2,1-3H3. The van der Waals surface area contributed by atoms with Gasteiger partial charge >= 0.3 is 5.97 Å². The first kappa shape index (κ1) is 16.7. The summed E-state index contributed by atoms with van der Waals surface area (Å²) in [5.41, 5.74) is -0.586. The molecule has 0 aromatic heterocycles. The van der Waals surface area contributed by atoms with Crippen LogP contribution < -0.4 is 5.32 Å². The first-order valence-corrected chi connectivity index (χ1v) is 7.37. The number of ether oxygens (including phenoxy) is 1. The van der Waals surface area contributed by atoms with E-state index in [2.05, 4.69) is 5.32 Å². The molecule has 5 heteroatoms. The van der Waals surface area contributed by atoms with E-state index in [1.165, 1.54) is 0 Å². The second kappa shape index (κ2) is 9.74. The highest BCUT2D eigenvalue weighted by Gasteiger charge is 2.33. The fourth-order valence-electron chi connectivity index (χ4n) is 1.49. The summed E-state index contributed by atoms with van der Waals surface area (Å²) in [5.74, 6) is 1.65. The zero-order valence-corrected chi connectivity index (χ0v) is 11.9. The summed E-state index contributed by atoms with van der Waals surface area (Å²) >= 11 is 1.76. The third kappa shape index (κ3) is 6.91. The Hall–Kier alpha value is -0.260. The molecule has 1 unspecified atom stereocenters. The van der Waals surface area contributed by atoms with E-state index in [0.29, 0.717) is 6.61 Å². The SMILES string of the molecule is CCNC(C)(CCSCCCO)C(=O)OCC. The van der Waals surface area contributed by atoms with Gasteiger partial charge < -0.3 is 15.2 Å². The van der Waals surface area contributed by atoms with Crippen molar-refractivity contribution in [3.63, 3.8) is 0 Å². The van der Waals surface area contributed by atoms with Crippen molar-refractivity contribution in [2.45, 2.75) is 39.2 Å². The lowest BCUT2D eigenvalue weighted by molar-refractivity contribution is -0.150. The van der Waals surface area contributed by atoms with Gasteiger partial charge in [-0.3, -0.25) is 4.79 Å². The van der Waals surface area contributed by atoms with Crippen molar-refractivity contribution in [3.8, 4) is 0 Å². The number of aliphatic hydroxyl groups excluding tert-OH is 1. The second-order valence-corrected chi connectivity index (χ2v) is 5.25. The molecule has 1 atom stereocenters. The van der Waals surface area contributed by atoms with Crippen LogP contribution in [-0.2, 0) is 9.53 Å². The van der Waals surface area contributed by atoms with Gasteiger partial charge in [-0.2, -0.15) is 11.8 Å². The van der Waals surface area contributed by atoms with Crippen LogP contribution in [0, 0.1) is 0 Å². The van der Waals surface area contributed by atoms with Crippen LogP contribution in [0.2, 0.25) is 0 Å². The molecule has 0 fully saturated rings. The smallest absolute Gasteiger partial charge is 0.326 e. The molecule has 2 N–H and O–H groups in total. The number of rotatable bonds is 10. The molecule has 0 aliphatic heterocycles. The number of thioether (sulfide) groups is 1. The Morgan fingerprint density at radius 1 is 1.41 bits per heavy atom. The Labute approximate surface area is 108 Å². The number of carbonyl (C=O) groups is 1. The van der Waals surface area contributed by atoms with Crippen molar-refractivity contribution in [1.82, 2.24) is 5.32 Å². The van der Waals surface area contributed by atoms with E-state index in [-0.39, 0.29) is 12.6 Å². The van der Waals surface area contributed by atoms with Crippen LogP contribution in [0.25, 0.3) is 0 Å². The molecule has 0 amide bonds. The van der Waals surface area contributed by atoms with Gasteiger partial charge in [0.25, 0.3) is 0 Å². The maximum Gasteiger partial charge on any atom is 0.326 e. The molecule has 0 heterocycles. The van der Waals surface area contributed by atoms with Crippen LogP contribution in [0.3, 0.4) is 0 Å². The van der Waals surface area contributed by atoms with Crippen LogP contribution in [-0.4, -0.2) is 47.9 Å². The molecule has 0 bridgehead atoms. The summed E-state index contributed by atoms with van der Waals surface area (Å²) in [4.78, 5) is 11.8. The largest absolute Gasteiger partial charge is 0.465 e. The Kier molecular flexibility index (Phi) is 9.59. The van der Waals surface area contributed by atoms with Crippen molar-refractivity contribution < 1.29 is 14.6 Å². The molecular weight excluding hydrogens is 238 g/mol. The molecule has 0 aliphatic rings. The monoisotopic (exact) mass is 263 g/mol. The van der Waals surface area contributed by atoms with Gasteiger partial charge in [-0.05, 0) is 44.7 Å². The Morgan fingerprint density at radius 2 is 2.12 bits per heavy atom. The summed E-state index contributed by atoms with van der Waals surface area (Å²) in [6, 6.07) is 0. The van der Waals surface area contributed by atoms with Crippen molar-refractivity contribution in [3.05, 3.63) is 0 Å². The van der Waals surface area contributed by atoms with E-state index in [1.54, 1.807) is 11.8 Å². The number of carbonyl (C=O) groups excluding carboxylic acids is 1. The van der Waals surface area contributed by atoms with Gasteiger partial charge in [-0.15, -0.1) is 0 Å². The van der Waals surface area contributed by atoms with Crippen LogP contribution in [0.15, 0.2) is 0 Å². The van der Waals surface area contributed by atoms with Crippen LogP contribution in [0.1, 0.15) is 33.6 Å². The van der Waals surface area contributed by atoms with Crippen molar-refractivity contribution in [2.75, 3.05) is 31.3 Å². The average Bonchev–Trinajstić information content (AvgIpc) is 2.29. The van der Waals surface area contributed by atoms with Crippen LogP contribution in [0.5, 0.6) is 0 Å². The first-order chi connectivity index (χ1) is 8.10. The van der Waals surface area contributed by atoms with E-state index in [1.807, 2.05) is 20.8 Å². The Bertz CT molecular complexity index is 214. The highest BCUT2D eigenvalue weighted by molar-refractivity contribution is 7.99. The number of hydrogen-bond acceptors (Lipinski definition) is 5. The van der Waals surface area contributed by atoms with Crippen molar-refractivity contribution in [2.24, 2.45) is 0 Å². The molecule has 0 saturated heterocycles. The van der Waals surface area contributed by atoms with E-state index in [0.717, 1.165) is 30.9 Å². The minimum atomic E-state index is -0.586. The maximum atomic E-state index is 11.8. The predicted octanol–water partition coefficient (Wildman–Crippen LogP) is 1.42. The molecule has 0 saturated carbocycles. The van der Waals surface area contributed by atoms with Crippen LogP contribution in [0.4, 0.5) is 0 Å². The zero-order valence-electron chi connectivity index (χ0n) is 11.1. The molecule has 4 nitrogen and oxygen atoms in total. The molecule has 0 radical (unpaired) electrons. The van der Waals surface area contributed by atoms with Gasteiger partial charge in [-0.25, -0.2) is 0 Å². The summed E-state index contributed by atoms with van der Waals surface area (Å²) < 4.78 is 5.09. The minimum Gasteiger partial charge on any atom is -0.465 e. The van der Waals surface area contributed by atoms with E-state index < -0.39 is 5.54 Å². The molecule has 17 heavy (non-hydrogen) atoms. The third-order valence-electron chi connectivity index (χ3n) is 2.49. The number of esters is 1. The van der Waals surface area contributed by atoms with E-state index in [4.69, 9.17) is 9.84 Å². The molecule has 0 spiro atoms. The molecule has 102 valence electrons. The predicted molar refractivity (Wildman–Crippen MR) is 72.4 cm³/mol. The molecule has 0 rings (SSSR count). The van der Waals surface area contributed by atoms with E-state index >= 15 is 0 Å².